The van der Waals surface area contributed by atoms with E-state index in [-0.39, 0.29) is 11.3 Å². The molecule has 116 valence electrons. The Labute approximate surface area is 122 Å². The summed E-state index contributed by atoms with van der Waals surface area (Å²) in [6.07, 6.45) is 1.15. The van der Waals surface area contributed by atoms with Gasteiger partial charge in [0, 0.05) is 13.1 Å². The molecule has 20 heavy (non-hydrogen) atoms. The zero-order valence-electron chi connectivity index (χ0n) is 13.6. The molecule has 5 nitrogen and oxygen atoms in total. The van der Waals surface area contributed by atoms with Crippen LogP contribution >= 0.6 is 0 Å². The van der Waals surface area contributed by atoms with Gasteiger partial charge in [0.05, 0.1) is 0 Å². The summed E-state index contributed by atoms with van der Waals surface area (Å²) in [7, 11) is 0. The highest BCUT2D eigenvalue weighted by atomic mass is 16.6. The Morgan fingerprint density at radius 2 is 1.80 bits per heavy atom. The first-order chi connectivity index (χ1) is 8.99. The molecule has 0 spiro atoms. The first-order valence-electron chi connectivity index (χ1n) is 7.27. The van der Waals surface area contributed by atoms with Gasteiger partial charge >= 0.3 is 6.09 Å². The van der Waals surface area contributed by atoms with Crippen molar-refractivity contribution < 1.29 is 14.3 Å². The van der Waals surface area contributed by atoms with Crippen LogP contribution < -0.4 is 5.32 Å². The Kier molecular flexibility index (Phi) is 5.05. The predicted molar refractivity (Wildman–Crippen MR) is 78.4 cm³/mol. The minimum Gasteiger partial charge on any atom is -0.444 e. The Hall–Kier alpha value is -1.26. The summed E-state index contributed by atoms with van der Waals surface area (Å²) in [5, 5.41) is 2.92. The van der Waals surface area contributed by atoms with E-state index in [0.717, 1.165) is 6.42 Å². The number of rotatable bonds is 2. The molecule has 1 N–H and O–H groups in total. The Morgan fingerprint density at radius 1 is 1.20 bits per heavy atom. The molecule has 0 aromatic heterocycles. The highest BCUT2D eigenvalue weighted by Crippen LogP contribution is 2.21. The maximum absolute atomic E-state index is 12.2. The molecule has 0 aromatic rings. The Balaban J connectivity index is 2.60. The van der Waals surface area contributed by atoms with E-state index in [0.29, 0.717) is 19.5 Å². The zero-order valence-corrected chi connectivity index (χ0v) is 13.6. The first-order valence-corrected chi connectivity index (χ1v) is 7.27. The minimum absolute atomic E-state index is 0.0328. The molecule has 5 heteroatoms. The third-order valence-corrected chi connectivity index (χ3v) is 2.98. The van der Waals surface area contributed by atoms with E-state index in [1.807, 2.05) is 20.8 Å². The van der Waals surface area contributed by atoms with Crippen LogP contribution in [-0.4, -0.2) is 41.6 Å². The van der Waals surface area contributed by atoms with E-state index in [9.17, 15) is 9.59 Å². The first kappa shape index (κ1) is 16.8. The second kappa shape index (κ2) is 6.02. The highest BCUT2D eigenvalue weighted by molar-refractivity contribution is 5.86. The largest absolute Gasteiger partial charge is 0.444 e. The maximum atomic E-state index is 12.2. The Bertz CT molecular complexity index is 366. The molecule has 1 aliphatic heterocycles. The fraction of sp³-hybridized carbons (Fsp3) is 0.867. The number of carbonyl (C=O) groups is 2. The van der Waals surface area contributed by atoms with Crippen molar-refractivity contribution in [2.75, 3.05) is 13.1 Å². The molecule has 0 bridgehead atoms. The molecule has 0 saturated carbocycles. The van der Waals surface area contributed by atoms with Gasteiger partial charge in [0.2, 0.25) is 5.91 Å². The van der Waals surface area contributed by atoms with Crippen LogP contribution in [0.25, 0.3) is 0 Å². The lowest BCUT2D eigenvalue weighted by atomic mass is 9.97. The third-order valence-electron chi connectivity index (χ3n) is 2.98. The summed E-state index contributed by atoms with van der Waals surface area (Å²) in [5.74, 6) is -0.0803. The van der Waals surface area contributed by atoms with E-state index in [2.05, 4.69) is 26.1 Å². The number of amides is 2. The topological polar surface area (TPSA) is 58.6 Å². The molecule has 0 aliphatic carbocycles. The average Bonchev–Trinajstić information content (AvgIpc) is 2.71. The molecule has 1 rings (SSSR count). The van der Waals surface area contributed by atoms with Gasteiger partial charge in [-0.2, -0.15) is 0 Å². The van der Waals surface area contributed by atoms with Crippen LogP contribution in [0.3, 0.4) is 0 Å². The molecule has 0 aromatic carbocycles. The molecular formula is C15H28N2O3. The molecule has 1 atom stereocenters. The van der Waals surface area contributed by atoms with Crippen LogP contribution in [0, 0.1) is 5.41 Å². The van der Waals surface area contributed by atoms with E-state index >= 15 is 0 Å². The van der Waals surface area contributed by atoms with Gasteiger partial charge in [-0.25, -0.2) is 4.79 Å². The summed E-state index contributed by atoms with van der Waals surface area (Å²) in [4.78, 5) is 25.9. The van der Waals surface area contributed by atoms with E-state index < -0.39 is 17.7 Å². The lowest BCUT2D eigenvalue weighted by Crippen LogP contribution is -2.48. The minimum atomic E-state index is -0.536. The Morgan fingerprint density at radius 3 is 2.30 bits per heavy atom. The van der Waals surface area contributed by atoms with Gasteiger partial charge in [0.1, 0.15) is 11.6 Å². The van der Waals surface area contributed by atoms with E-state index in [1.165, 1.54) is 0 Å². The predicted octanol–water partition coefficient (Wildman–Crippen LogP) is 2.55. The third kappa shape index (κ3) is 5.39. The van der Waals surface area contributed by atoms with Crippen LogP contribution in [0.15, 0.2) is 0 Å². The molecule has 1 aliphatic rings. The van der Waals surface area contributed by atoms with E-state index in [4.69, 9.17) is 4.74 Å². The van der Waals surface area contributed by atoms with Gasteiger partial charge in [0.15, 0.2) is 0 Å². The second-order valence-electron chi connectivity index (χ2n) is 7.61. The number of nitrogens with one attached hydrogen (secondary N) is 1. The summed E-state index contributed by atoms with van der Waals surface area (Å²) in [5.41, 5.74) is -0.503. The highest BCUT2D eigenvalue weighted by Gasteiger charge is 2.36. The van der Waals surface area contributed by atoms with Crippen molar-refractivity contribution >= 4 is 12.0 Å². The lowest BCUT2D eigenvalue weighted by molar-refractivity contribution is -0.125. The van der Waals surface area contributed by atoms with Crippen molar-refractivity contribution in [3.63, 3.8) is 0 Å². The monoisotopic (exact) mass is 284 g/mol. The summed E-state index contributed by atoms with van der Waals surface area (Å²) < 4.78 is 5.35. The van der Waals surface area contributed by atoms with E-state index in [1.54, 1.807) is 4.90 Å². The number of nitrogens with zero attached hydrogens (tertiary/aromatic N) is 1. The molecule has 1 fully saturated rings. The van der Waals surface area contributed by atoms with Gasteiger partial charge in [-0.15, -0.1) is 0 Å². The van der Waals surface area contributed by atoms with Crippen molar-refractivity contribution in [1.29, 1.82) is 0 Å². The van der Waals surface area contributed by atoms with Crippen LogP contribution in [0.1, 0.15) is 54.4 Å². The van der Waals surface area contributed by atoms with Gasteiger partial charge in [-0.1, -0.05) is 20.8 Å². The van der Waals surface area contributed by atoms with Crippen molar-refractivity contribution in [3.8, 4) is 0 Å². The van der Waals surface area contributed by atoms with Gasteiger partial charge in [0.25, 0.3) is 0 Å². The number of likely N-dealkylation sites (tertiary alicyclic amines) is 1. The SMILES string of the molecule is CC(C)(C)CNC(=O)[C@@H]1CCCN1C(=O)OC(C)(C)C. The number of hydrogen-bond acceptors (Lipinski definition) is 3. The van der Waals surface area contributed by atoms with Crippen molar-refractivity contribution in [1.82, 2.24) is 10.2 Å². The van der Waals surface area contributed by atoms with Crippen molar-refractivity contribution in [2.24, 2.45) is 5.41 Å². The van der Waals surface area contributed by atoms with Gasteiger partial charge in [-0.3, -0.25) is 9.69 Å². The summed E-state index contributed by atoms with van der Waals surface area (Å²) in [6, 6.07) is -0.396. The van der Waals surface area contributed by atoms with Crippen LogP contribution in [0.5, 0.6) is 0 Å². The number of hydrogen-bond donors (Lipinski definition) is 1. The fourth-order valence-electron chi connectivity index (χ4n) is 2.05. The van der Waals surface area contributed by atoms with Crippen LogP contribution in [0.2, 0.25) is 0 Å². The van der Waals surface area contributed by atoms with Crippen LogP contribution in [-0.2, 0) is 9.53 Å². The van der Waals surface area contributed by atoms with Gasteiger partial charge < -0.3 is 10.1 Å². The van der Waals surface area contributed by atoms with Crippen molar-refractivity contribution in [2.45, 2.75) is 66.0 Å². The summed E-state index contributed by atoms with van der Waals surface area (Å²) >= 11 is 0. The normalized spacial score (nSPS) is 19.9. The maximum Gasteiger partial charge on any atom is 0.410 e. The van der Waals surface area contributed by atoms with Crippen LogP contribution in [0.4, 0.5) is 4.79 Å². The quantitative estimate of drug-likeness (QED) is 0.847. The summed E-state index contributed by atoms with van der Waals surface area (Å²) in [6.45, 7) is 12.9. The molecule has 1 saturated heterocycles. The molecule has 0 unspecified atom stereocenters. The average molecular weight is 284 g/mol. The second-order valence-corrected chi connectivity index (χ2v) is 7.61. The number of carbonyl (C=O) groups excluding carboxylic acids is 2. The molecule has 0 radical (unpaired) electrons. The number of ether oxygens (including phenoxy) is 1. The fourth-order valence-corrected chi connectivity index (χ4v) is 2.05. The van der Waals surface area contributed by atoms with Gasteiger partial charge in [-0.05, 0) is 39.0 Å². The molecular weight excluding hydrogens is 256 g/mol. The smallest absolute Gasteiger partial charge is 0.410 e. The molecule has 2 amide bonds. The lowest BCUT2D eigenvalue weighted by Gasteiger charge is -2.28. The zero-order chi connectivity index (χ0) is 15.6. The molecule has 1 heterocycles. The van der Waals surface area contributed by atoms with Crippen molar-refractivity contribution in [3.05, 3.63) is 0 Å². The standard InChI is InChI=1S/C15H28N2O3/c1-14(2,3)10-16-12(18)11-8-7-9-17(11)13(19)20-15(4,5)6/h11H,7-10H2,1-6H3,(H,16,18)/t11-/m0/s1.